The molecular formula is C9H13NO2. The van der Waals surface area contributed by atoms with Crippen LogP contribution in [-0.2, 0) is 9.59 Å². The molecule has 2 saturated heterocycles. The van der Waals surface area contributed by atoms with Gasteiger partial charge in [-0.15, -0.1) is 0 Å². The van der Waals surface area contributed by atoms with Gasteiger partial charge >= 0.3 is 0 Å². The fraction of sp³-hybridized carbons (Fsp3) is 0.778. The van der Waals surface area contributed by atoms with Gasteiger partial charge in [-0.2, -0.15) is 0 Å². The third kappa shape index (κ3) is 1.04. The van der Waals surface area contributed by atoms with Crippen molar-refractivity contribution in [1.29, 1.82) is 0 Å². The van der Waals surface area contributed by atoms with E-state index in [9.17, 15) is 9.59 Å². The largest absolute Gasteiger partial charge is 0.336 e. The molecule has 2 rings (SSSR count). The molecule has 0 aromatic carbocycles. The summed E-state index contributed by atoms with van der Waals surface area (Å²) in [6, 6.07) is 0.375. The third-order valence-corrected chi connectivity index (χ3v) is 2.83. The molecule has 2 unspecified atom stereocenters. The van der Waals surface area contributed by atoms with Crippen LogP contribution in [0.2, 0.25) is 0 Å². The Labute approximate surface area is 71.7 Å². The molecule has 1 amide bonds. The summed E-state index contributed by atoms with van der Waals surface area (Å²) in [5.41, 5.74) is 0. The van der Waals surface area contributed by atoms with Crippen LogP contribution in [0, 0.1) is 0 Å². The van der Waals surface area contributed by atoms with Crippen molar-refractivity contribution in [3.8, 4) is 0 Å². The lowest BCUT2D eigenvalue weighted by Crippen LogP contribution is -2.46. The molecular weight excluding hydrogens is 154 g/mol. The zero-order valence-corrected chi connectivity index (χ0v) is 7.25. The molecule has 0 aromatic rings. The van der Waals surface area contributed by atoms with Crippen LogP contribution in [0.4, 0.5) is 0 Å². The Morgan fingerprint density at radius 3 is 2.83 bits per heavy atom. The molecule has 3 nitrogen and oxygen atoms in total. The van der Waals surface area contributed by atoms with Crippen LogP contribution >= 0.6 is 0 Å². The summed E-state index contributed by atoms with van der Waals surface area (Å²) >= 11 is 0. The number of rotatable bonds is 0. The Kier molecular flexibility index (Phi) is 1.67. The minimum absolute atomic E-state index is 0.145. The van der Waals surface area contributed by atoms with Crippen molar-refractivity contribution >= 4 is 11.7 Å². The molecule has 2 aliphatic rings. The normalized spacial score (nSPS) is 35.6. The number of amides is 1. The number of nitrogens with zero attached hydrogens (tertiary/aromatic N) is 1. The lowest BCUT2D eigenvalue weighted by molar-refractivity contribution is -0.135. The molecule has 0 saturated carbocycles. The van der Waals surface area contributed by atoms with Gasteiger partial charge in [-0.05, 0) is 13.3 Å². The van der Waals surface area contributed by atoms with Gasteiger partial charge in [0.1, 0.15) is 5.78 Å². The second-order valence-corrected chi connectivity index (χ2v) is 3.79. The van der Waals surface area contributed by atoms with Crippen molar-refractivity contribution in [3.05, 3.63) is 0 Å². The van der Waals surface area contributed by atoms with Crippen molar-refractivity contribution in [1.82, 2.24) is 4.90 Å². The van der Waals surface area contributed by atoms with E-state index in [4.69, 9.17) is 0 Å². The monoisotopic (exact) mass is 167 g/mol. The molecule has 2 fully saturated rings. The Morgan fingerprint density at radius 2 is 2.08 bits per heavy atom. The highest BCUT2D eigenvalue weighted by Crippen LogP contribution is 2.29. The van der Waals surface area contributed by atoms with Crippen LogP contribution in [-0.4, -0.2) is 28.7 Å². The van der Waals surface area contributed by atoms with Crippen LogP contribution < -0.4 is 0 Å². The number of piperidine rings is 1. The summed E-state index contributed by atoms with van der Waals surface area (Å²) < 4.78 is 0. The minimum Gasteiger partial charge on any atom is -0.336 e. The van der Waals surface area contributed by atoms with Gasteiger partial charge in [-0.1, -0.05) is 0 Å². The van der Waals surface area contributed by atoms with E-state index in [1.165, 1.54) is 0 Å². The first kappa shape index (κ1) is 7.77. The molecule has 0 N–H and O–H groups in total. The first-order valence-electron chi connectivity index (χ1n) is 4.51. The van der Waals surface area contributed by atoms with Crippen LogP contribution in [0.25, 0.3) is 0 Å². The van der Waals surface area contributed by atoms with Crippen molar-refractivity contribution in [2.75, 3.05) is 0 Å². The summed E-state index contributed by atoms with van der Waals surface area (Å²) in [5, 5.41) is 0. The lowest BCUT2D eigenvalue weighted by Gasteiger charge is -2.34. The quantitative estimate of drug-likeness (QED) is 0.533. The highest BCUT2D eigenvalue weighted by atomic mass is 16.2. The molecule has 3 heteroatoms. The van der Waals surface area contributed by atoms with Crippen LogP contribution in [0.5, 0.6) is 0 Å². The molecule has 0 bridgehead atoms. The summed E-state index contributed by atoms with van der Waals surface area (Å²) in [5.74, 6) is 0.554. The molecule has 0 spiro atoms. The molecule has 2 aliphatic heterocycles. The van der Waals surface area contributed by atoms with Gasteiger partial charge < -0.3 is 4.90 Å². The second kappa shape index (κ2) is 2.57. The number of Topliss-reactive ketones (excluding diaryl/α,β-unsaturated/α-hetero) is 1. The van der Waals surface area contributed by atoms with E-state index < -0.39 is 0 Å². The molecule has 0 radical (unpaired) electrons. The summed E-state index contributed by atoms with van der Waals surface area (Å²) in [6.45, 7) is 1.97. The summed E-state index contributed by atoms with van der Waals surface area (Å²) in [7, 11) is 0. The minimum atomic E-state index is 0.145. The van der Waals surface area contributed by atoms with E-state index in [0.29, 0.717) is 25.0 Å². The zero-order chi connectivity index (χ0) is 8.72. The average molecular weight is 167 g/mol. The summed E-state index contributed by atoms with van der Waals surface area (Å²) in [4.78, 5) is 24.4. The number of carbonyl (C=O) groups is 2. The van der Waals surface area contributed by atoms with Gasteiger partial charge in [0, 0.05) is 31.3 Å². The highest BCUT2D eigenvalue weighted by Gasteiger charge is 2.39. The van der Waals surface area contributed by atoms with E-state index in [0.717, 1.165) is 6.42 Å². The molecule has 2 heterocycles. The zero-order valence-electron chi connectivity index (χ0n) is 7.25. The number of ketones is 1. The van der Waals surface area contributed by atoms with Crippen molar-refractivity contribution < 1.29 is 9.59 Å². The predicted molar refractivity (Wildman–Crippen MR) is 43.6 cm³/mol. The van der Waals surface area contributed by atoms with Crippen molar-refractivity contribution in [2.24, 2.45) is 0 Å². The van der Waals surface area contributed by atoms with Crippen molar-refractivity contribution in [2.45, 2.75) is 44.7 Å². The van der Waals surface area contributed by atoms with E-state index in [1.54, 1.807) is 0 Å². The predicted octanol–water partition coefficient (Wildman–Crippen LogP) is 0.729. The SMILES string of the molecule is CC1CC(=O)CC2CCC(=O)N12. The van der Waals surface area contributed by atoms with Crippen LogP contribution in [0.15, 0.2) is 0 Å². The van der Waals surface area contributed by atoms with Gasteiger partial charge in [0.25, 0.3) is 0 Å². The maximum Gasteiger partial charge on any atom is 0.223 e. The third-order valence-electron chi connectivity index (χ3n) is 2.83. The van der Waals surface area contributed by atoms with Crippen LogP contribution in [0.3, 0.4) is 0 Å². The summed E-state index contributed by atoms with van der Waals surface area (Å²) in [6.07, 6.45) is 2.68. The van der Waals surface area contributed by atoms with Gasteiger partial charge in [0.05, 0.1) is 0 Å². The number of hydrogen-bond donors (Lipinski definition) is 0. The second-order valence-electron chi connectivity index (χ2n) is 3.79. The lowest BCUT2D eigenvalue weighted by atomic mass is 9.96. The molecule has 0 aliphatic carbocycles. The standard InChI is InChI=1S/C9H13NO2/c1-6-4-8(11)5-7-2-3-9(12)10(6)7/h6-7H,2-5H2,1H3. The average Bonchev–Trinajstić information content (AvgIpc) is 2.31. The Balaban J connectivity index is 2.19. The Morgan fingerprint density at radius 1 is 1.33 bits per heavy atom. The van der Waals surface area contributed by atoms with E-state index >= 15 is 0 Å². The smallest absolute Gasteiger partial charge is 0.223 e. The molecule has 2 atom stereocenters. The fourth-order valence-corrected chi connectivity index (χ4v) is 2.34. The first-order chi connectivity index (χ1) is 5.68. The Hall–Kier alpha value is -0.860. The number of hydrogen-bond acceptors (Lipinski definition) is 2. The Bertz CT molecular complexity index is 237. The van der Waals surface area contributed by atoms with Crippen LogP contribution in [0.1, 0.15) is 32.6 Å². The molecule has 0 aromatic heterocycles. The van der Waals surface area contributed by atoms with Gasteiger partial charge in [0.15, 0.2) is 0 Å². The molecule has 66 valence electrons. The maximum absolute atomic E-state index is 11.3. The van der Waals surface area contributed by atoms with Gasteiger partial charge in [-0.25, -0.2) is 0 Å². The topological polar surface area (TPSA) is 37.4 Å². The molecule has 12 heavy (non-hydrogen) atoms. The van der Waals surface area contributed by atoms with E-state index in [-0.39, 0.29) is 18.0 Å². The first-order valence-corrected chi connectivity index (χ1v) is 4.51. The van der Waals surface area contributed by atoms with E-state index in [2.05, 4.69) is 0 Å². The maximum atomic E-state index is 11.3. The van der Waals surface area contributed by atoms with Gasteiger partial charge in [-0.3, -0.25) is 9.59 Å². The number of fused-ring (bicyclic) bond motifs is 1. The highest BCUT2D eigenvalue weighted by molar-refractivity contribution is 5.86. The number of carbonyl (C=O) groups excluding carboxylic acids is 2. The fourth-order valence-electron chi connectivity index (χ4n) is 2.34. The van der Waals surface area contributed by atoms with Gasteiger partial charge in [0.2, 0.25) is 5.91 Å². The van der Waals surface area contributed by atoms with E-state index in [1.807, 2.05) is 11.8 Å². The van der Waals surface area contributed by atoms with Crippen molar-refractivity contribution in [3.63, 3.8) is 0 Å².